The van der Waals surface area contributed by atoms with Gasteiger partial charge in [-0.1, -0.05) is 0 Å². The molecule has 14 heavy (non-hydrogen) atoms. The molecule has 1 rings (SSSR count). The van der Waals surface area contributed by atoms with Crippen molar-refractivity contribution in [3.63, 3.8) is 0 Å². The Bertz CT molecular complexity index is 369. The number of alkyl halides is 3. The molecular formula is C7H3F6N. The van der Waals surface area contributed by atoms with Crippen molar-refractivity contribution in [3.8, 4) is 0 Å². The smallest absolute Gasteiger partial charge is 0.209 e. The summed E-state index contributed by atoms with van der Waals surface area (Å²) >= 11 is 0. The Labute approximate surface area is 74.4 Å². The summed E-state index contributed by atoms with van der Waals surface area (Å²) in [7, 11) is 0. The van der Waals surface area contributed by atoms with Crippen molar-refractivity contribution in [3.05, 3.63) is 28.8 Å². The van der Waals surface area contributed by atoms with Crippen molar-refractivity contribution in [2.75, 3.05) is 0 Å². The van der Waals surface area contributed by atoms with Crippen LogP contribution in [0.3, 0.4) is 0 Å². The van der Waals surface area contributed by atoms with Crippen LogP contribution >= 0.6 is 0 Å². The fourth-order valence-electron chi connectivity index (χ4n) is 0.813. The molecule has 1 heterocycles. The van der Waals surface area contributed by atoms with Gasteiger partial charge < -0.3 is 0 Å². The number of halogens is 6. The summed E-state index contributed by atoms with van der Waals surface area (Å²) in [6, 6.07) is 0. The van der Waals surface area contributed by atoms with Gasteiger partial charge in [0.25, 0.3) is 0 Å². The standard InChI is InChI=1S/C7H3F6N/c1-2-3(8)5(7(11,12)13)14-6(10)4(2)9/h1H3. The lowest BCUT2D eigenvalue weighted by molar-refractivity contribution is -0.144. The second kappa shape index (κ2) is 3.14. The number of hydrogen-bond donors (Lipinski definition) is 0. The molecule has 0 unspecified atom stereocenters. The SMILES string of the molecule is Cc1c(F)c(F)nc(C(F)(F)F)c1F. The third kappa shape index (κ3) is 1.66. The topological polar surface area (TPSA) is 12.9 Å². The van der Waals surface area contributed by atoms with Crippen molar-refractivity contribution in [2.24, 2.45) is 0 Å². The quantitative estimate of drug-likeness (QED) is 0.479. The first-order valence-corrected chi connectivity index (χ1v) is 3.33. The first kappa shape index (κ1) is 10.8. The van der Waals surface area contributed by atoms with Crippen LogP contribution in [0.15, 0.2) is 0 Å². The highest BCUT2D eigenvalue weighted by Crippen LogP contribution is 2.31. The molecule has 1 aromatic heterocycles. The molecule has 0 atom stereocenters. The molecular weight excluding hydrogens is 212 g/mol. The highest BCUT2D eigenvalue weighted by molar-refractivity contribution is 5.22. The predicted molar refractivity (Wildman–Crippen MR) is 33.9 cm³/mol. The van der Waals surface area contributed by atoms with E-state index in [2.05, 4.69) is 4.98 Å². The summed E-state index contributed by atoms with van der Waals surface area (Å²) in [5, 5.41) is 0. The minimum Gasteiger partial charge on any atom is -0.209 e. The van der Waals surface area contributed by atoms with Gasteiger partial charge >= 0.3 is 6.18 Å². The zero-order chi connectivity index (χ0) is 11.1. The average Bonchev–Trinajstić information content (AvgIpc) is 2.06. The Kier molecular flexibility index (Phi) is 2.43. The summed E-state index contributed by atoms with van der Waals surface area (Å²) in [4.78, 5) is 2.16. The lowest BCUT2D eigenvalue weighted by Crippen LogP contribution is -2.15. The van der Waals surface area contributed by atoms with Gasteiger partial charge in [-0.15, -0.1) is 0 Å². The highest BCUT2D eigenvalue weighted by atomic mass is 19.4. The molecule has 0 spiro atoms. The van der Waals surface area contributed by atoms with Gasteiger partial charge in [0.05, 0.1) is 0 Å². The van der Waals surface area contributed by atoms with E-state index in [-0.39, 0.29) is 0 Å². The van der Waals surface area contributed by atoms with Gasteiger partial charge in [-0.3, -0.25) is 0 Å². The largest absolute Gasteiger partial charge is 0.436 e. The minimum atomic E-state index is -5.14. The maximum Gasteiger partial charge on any atom is 0.436 e. The third-order valence-electron chi connectivity index (χ3n) is 1.53. The zero-order valence-electron chi connectivity index (χ0n) is 6.72. The van der Waals surface area contributed by atoms with Crippen molar-refractivity contribution >= 4 is 0 Å². The Morgan fingerprint density at radius 1 is 1.00 bits per heavy atom. The van der Waals surface area contributed by atoms with Gasteiger partial charge in [0.15, 0.2) is 17.3 Å². The van der Waals surface area contributed by atoms with Gasteiger partial charge in [-0.05, 0) is 6.92 Å². The van der Waals surface area contributed by atoms with Gasteiger partial charge in [0.2, 0.25) is 5.95 Å². The van der Waals surface area contributed by atoms with Crippen molar-refractivity contribution in [1.82, 2.24) is 4.98 Å². The van der Waals surface area contributed by atoms with E-state index in [4.69, 9.17) is 0 Å². The molecule has 0 saturated heterocycles. The van der Waals surface area contributed by atoms with Crippen LogP contribution in [-0.2, 0) is 6.18 Å². The zero-order valence-corrected chi connectivity index (χ0v) is 6.72. The first-order chi connectivity index (χ1) is 6.25. The normalized spacial score (nSPS) is 11.9. The lowest BCUT2D eigenvalue weighted by Gasteiger charge is -2.09. The molecule has 7 heteroatoms. The fourth-order valence-corrected chi connectivity index (χ4v) is 0.813. The van der Waals surface area contributed by atoms with Crippen LogP contribution in [0.2, 0.25) is 0 Å². The molecule has 0 aromatic carbocycles. The number of hydrogen-bond acceptors (Lipinski definition) is 1. The van der Waals surface area contributed by atoms with E-state index in [1.165, 1.54) is 0 Å². The monoisotopic (exact) mass is 215 g/mol. The second-order valence-corrected chi connectivity index (χ2v) is 2.50. The molecule has 0 radical (unpaired) electrons. The summed E-state index contributed by atoms with van der Waals surface area (Å²) < 4.78 is 73.5. The van der Waals surface area contributed by atoms with E-state index in [0.717, 1.165) is 0 Å². The Hall–Kier alpha value is -1.27. The lowest BCUT2D eigenvalue weighted by atomic mass is 10.2. The van der Waals surface area contributed by atoms with Crippen LogP contribution in [0.5, 0.6) is 0 Å². The minimum absolute atomic E-state index is 0.699. The summed E-state index contributed by atoms with van der Waals surface area (Å²) in [5.74, 6) is -5.57. The van der Waals surface area contributed by atoms with Crippen LogP contribution < -0.4 is 0 Å². The summed E-state index contributed by atoms with van der Waals surface area (Å²) in [6.07, 6.45) is -5.14. The van der Waals surface area contributed by atoms with Crippen LogP contribution in [0, 0.1) is 24.5 Å². The molecule has 1 aromatic rings. The first-order valence-electron chi connectivity index (χ1n) is 3.33. The molecule has 0 bridgehead atoms. The maximum absolute atomic E-state index is 12.7. The molecule has 0 N–H and O–H groups in total. The number of nitrogens with zero attached hydrogens (tertiary/aromatic N) is 1. The van der Waals surface area contributed by atoms with Crippen LogP contribution in [0.1, 0.15) is 11.3 Å². The average molecular weight is 215 g/mol. The molecule has 0 saturated carbocycles. The second-order valence-electron chi connectivity index (χ2n) is 2.50. The van der Waals surface area contributed by atoms with Crippen LogP contribution in [-0.4, -0.2) is 4.98 Å². The molecule has 0 fully saturated rings. The van der Waals surface area contributed by atoms with E-state index in [0.29, 0.717) is 6.92 Å². The Balaban J connectivity index is 3.49. The van der Waals surface area contributed by atoms with Crippen molar-refractivity contribution in [1.29, 1.82) is 0 Å². The number of aromatic nitrogens is 1. The van der Waals surface area contributed by atoms with E-state index < -0.39 is 35.0 Å². The molecule has 0 aliphatic heterocycles. The van der Waals surface area contributed by atoms with E-state index in [1.807, 2.05) is 0 Å². The van der Waals surface area contributed by atoms with E-state index >= 15 is 0 Å². The number of pyridine rings is 1. The Morgan fingerprint density at radius 3 is 1.93 bits per heavy atom. The van der Waals surface area contributed by atoms with Crippen molar-refractivity contribution in [2.45, 2.75) is 13.1 Å². The highest BCUT2D eigenvalue weighted by Gasteiger charge is 2.38. The Morgan fingerprint density at radius 2 is 1.50 bits per heavy atom. The van der Waals surface area contributed by atoms with Crippen LogP contribution in [0.4, 0.5) is 26.3 Å². The molecule has 0 aliphatic rings. The van der Waals surface area contributed by atoms with Crippen molar-refractivity contribution < 1.29 is 26.3 Å². The summed E-state index contributed by atoms with van der Waals surface area (Å²) in [6.45, 7) is 0.699. The fraction of sp³-hybridized carbons (Fsp3) is 0.286. The van der Waals surface area contributed by atoms with Gasteiger partial charge in [0, 0.05) is 5.56 Å². The van der Waals surface area contributed by atoms with E-state index in [9.17, 15) is 26.3 Å². The van der Waals surface area contributed by atoms with E-state index in [1.54, 1.807) is 0 Å². The summed E-state index contributed by atoms with van der Waals surface area (Å²) in [5.41, 5.74) is -3.08. The maximum atomic E-state index is 12.7. The molecule has 78 valence electrons. The molecule has 0 aliphatic carbocycles. The molecule has 1 nitrogen and oxygen atoms in total. The predicted octanol–water partition coefficient (Wildman–Crippen LogP) is 2.83. The molecule has 0 amide bonds. The van der Waals surface area contributed by atoms with Crippen LogP contribution in [0.25, 0.3) is 0 Å². The van der Waals surface area contributed by atoms with Gasteiger partial charge in [-0.25, -0.2) is 13.8 Å². The van der Waals surface area contributed by atoms with Gasteiger partial charge in [-0.2, -0.15) is 17.6 Å². The number of rotatable bonds is 0. The van der Waals surface area contributed by atoms with Gasteiger partial charge in [0.1, 0.15) is 0 Å². The third-order valence-corrected chi connectivity index (χ3v) is 1.53.